The van der Waals surface area contributed by atoms with Crippen LogP contribution in [0.25, 0.3) is 0 Å². The van der Waals surface area contributed by atoms with Crippen molar-refractivity contribution in [3.8, 4) is 17.2 Å². The summed E-state index contributed by atoms with van der Waals surface area (Å²) in [7, 11) is 1.56. The lowest BCUT2D eigenvalue weighted by atomic mass is 10.0. The van der Waals surface area contributed by atoms with E-state index in [-0.39, 0.29) is 18.0 Å². The lowest BCUT2D eigenvalue weighted by Gasteiger charge is -2.17. The third-order valence-corrected chi connectivity index (χ3v) is 3.29. The van der Waals surface area contributed by atoms with Crippen molar-refractivity contribution in [2.24, 2.45) is 0 Å². The standard InChI is InChI=1S/C20H24O4/c1-13(2)23-16-11-9-15(10-12-16)19(21)17-7-6-8-18(22-5)20(17)24-14(3)4/h6-14H,1-5H3. The van der Waals surface area contributed by atoms with Gasteiger partial charge >= 0.3 is 0 Å². The Morgan fingerprint density at radius 2 is 1.50 bits per heavy atom. The molecule has 0 aliphatic carbocycles. The molecule has 0 saturated heterocycles. The van der Waals surface area contributed by atoms with E-state index in [1.165, 1.54) is 0 Å². The molecule has 0 unspecified atom stereocenters. The molecule has 2 aromatic carbocycles. The van der Waals surface area contributed by atoms with Gasteiger partial charge in [-0.2, -0.15) is 0 Å². The van der Waals surface area contributed by atoms with Crippen LogP contribution in [0.15, 0.2) is 42.5 Å². The molecule has 0 saturated carbocycles. The highest BCUT2D eigenvalue weighted by molar-refractivity contribution is 6.11. The first-order valence-electron chi connectivity index (χ1n) is 8.07. The van der Waals surface area contributed by atoms with E-state index in [1.807, 2.05) is 27.7 Å². The Morgan fingerprint density at radius 1 is 0.875 bits per heavy atom. The number of hydrogen-bond donors (Lipinski definition) is 0. The maximum atomic E-state index is 12.9. The van der Waals surface area contributed by atoms with Crippen molar-refractivity contribution in [3.63, 3.8) is 0 Å². The second-order valence-corrected chi connectivity index (χ2v) is 6.02. The third-order valence-electron chi connectivity index (χ3n) is 3.29. The highest BCUT2D eigenvalue weighted by Crippen LogP contribution is 2.33. The molecular weight excluding hydrogens is 304 g/mol. The van der Waals surface area contributed by atoms with Gasteiger partial charge < -0.3 is 14.2 Å². The van der Waals surface area contributed by atoms with Crippen molar-refractivity contribution in [1.29, 1.82) is 0 Å². The van der Waals surface area contributed by atoms with Crippen molar-refractivity contribution in [1.82, 2.24) is 0 Å². The zero-order chi connectivity index (χ0) is 17.7. The molecule has 0 fully saturated rings. The minimum Gasteiger partial charge on any atom is -0.493 e. The smallest absolute Gasteiger partial charge is 0.196 e. The molecular formula is C20H24O4. The Morgan fingerprint density at radius 3 is 2.04 bits per heavy atom. The summed E-state index contributed by atoms with van der Waals surface area (Å²) in [5, 5.41) is 0. The second-order valence-electron chi connectivity index (χ2n) is 6.02. The van der Waals surface area contributed by atoms with Crippen LogP contribution >= 0.6 is 0 Å². The van der Waals surface area contributed by atoms with Gasteiger partial charge in [0.05, 0.1) is 24.9 Å². The Labute approximate surface area is 143 Å². The van der Waals surface area contributed by atoms with Crippen LogP contribution in [0.4, 0.5) is 0 Å². The Bertz CT molecular complexity index is 687. The molecule has 0 heterocycles. The molecule has 4 nitrogen and oxygen atoms in total. The van der Waals surface area contributed by atoms with E-state index in [1.54, 1.807) is 49.6 Å². The zero-order valence-corrected chi connectivity index (χ0v) is 14.8. The van der Waals surface area contributed by atoms with Gasteiger partial charge in [0.2, 0.25) is 0 Å². The molecule has 0 spiro atoms. The summed E-state index contributed by atoms with van der Waals surface area (Å²) in [5.74, 6) is 1.66. The number of carbonyl (C=O) groups is 1. The molecule has 0 aliphatic rings. The number of ketones is 1. The van der Waals surface area contributed by atoms with E-state index < -0.39 is 0 Å². The zero-order valence-electron chi connectivity index (χ0n) is 14.8. The summed E-state index contributed by atoms with van der Waals surface area (Å²) >= 11 is 0. The number of ether oxygens (including phenoxy) is 3. The number of carbonyl (C=O) groups excluding carboxylic acids is 1. The molecule has 4 heteroatoms. The summed E-state index contributed by atoms with van der Waals surface area (Å²) in [5.41, 5.74) is 1.06. The van der Waals surface area contributed by atoms with Crippen LogP contribution in [0.5, 0.6) is 17.2 Å². The fraction of sp³-hybridized carbons (Fsp3) is 0.350. The van der Waals surface area contributed by atoms with Crippen LogP contribution in [-0.4, -0.2) is 25.1 Å². The number of benzene rings is 2. The average Bonchev–Trinajstić information content (AvgIpc) is 2.54. The van der Waals surface area contributed by atoms with E-state index in [2.05, 4.69) is 0 Å². The van der Waals surface area contributed by atoms with E-state index in [0.29, 0.717) is 22.6 Å². The molecule has 0 aromatic heterocycles. The van der Waals surface area contributed by atoms with E-state index in [4.69, 9.17) is 14.2 Å². The predicted molar refractivity (Wildman–Crippen MR) is 94.4 cm³/mol. The Balaban J connectivity index is 2.35. The molecule has 128 valence electrons. The molecule has 0 amide bonds. The largest absolute Gasteiger partial charge is 0.493 e. The number of rotatable bonds is 7. The predicted octanol–water partition coefficient (Wildman–Crippen LogP) is 4.50. The van der Waals surface area contributed by atoms with E-state index >= 15 is 0 Å². The first kappa shape index (κ1) is 17.9. The van der Waals surface area contributed by atoms with Gasteiger partial charge in [0, 0.05) is 5.56 Å². The van der Waals surface area contributed by atoms with Gasteiger partial charge in [-0.3, -0.25) is 4.79 Å². The van der Waals surface area contributed by atoms with Crippen LogP contribution in [0, 0.1) is 0 Å². The molecule has 0 N–H and O–H groups in total. The van der Waals surface area contributed by atoms with E-state index in [0.717, 1.165) is 5.75 Å². The van der Waals surface area contributed by atoms with Gasteiger partial charge in [-0.05, 0) is 64.1 Å². The lowest BCUT2D eigenvalue weighted by Crippen LogP contribution is -2.12. The Kier molecular flexibility index (Phi) is 5.85. The lowest BCUT2D eigenvalue weighted by molar-refractivity contribution is 0.103. The molecule has 2 aromatic rings. The highest BCUT2D eigenvalue weighted by Gasteiger charge is 2.19. The summed E-state index contributed by atoms with van der Waals surface area (Å²) in [6.07, 6.45) is 0.0330. The molecule has 24 heavy (non-hydrogen) atoms. The van der Waals surface area contributed by atoms with Gasteiger partial charge in [0.15, 0.2) is 17.3 Å². The van der Waals surface area contributed by atoms with Gasteiger partial charge in [-0.25, -0.2) is 0 Å². The summed E-state index contributed by atoms with van der Waals surface area (Å²) in [6, 6.07) is 12.5. The third kappa shape index (κ3) is 4.28. The van der Waals surface area contributed by atoms with Gasteiger partial charge in [-0.15, -0.1) is 0 Å². The molecule has 2 rings (SSSR count). The second kappa shape index (κ2) is 7.86. The summed E-state index contributed by atoms with van der Waals surface area (Å²) in [6.45, 7) is 7.76. The fourth-order valence-electron chi connectivity index (χ4n) is 2.33. The van der Waals surface area contributed by atoms with Gasteiger partial charge in [-0.1, -0.05) is 6.07 Å². The monoisotopic (exact) mass is 328 g/mol. The van der Waals surface area contributed by atoms with Gasteiger partial charge in [0.25, 0.3) is 0 Å². The number of methoxy groups -OCH3 is 1. The maximum absolute atomic E-state index is 12.9. The van der Waals surface area contributed by atoms with Gasteiger partial charge in [0.1, 0.15) is 5.75 Å². The molecule has 0 bridgehead atoms. The van der Waals surface area contributed by atoms with Crippen molar-refractivity contribution in [2.45, 2.75) is 39.9 Å². The van der Waals surface area contributed by atoms with Crippen molar-refractivity contribution >= 4 is 5.78 Å². The normalized spacial score (nSPS) is 10.8. The highest BCUT2D eigenvalue weighted by atomic mass is 16.5. The number of para-hydroxylation sites is 1. The van der Waals surface area contributed by atoms with Crippen LogP contribution in [0.1, 0.15) is 43.6 Å². The minimum atomic E-state index is -0.111. The maximum Gasteiger partial charge on any atom is 0.196 e. The van der Waals surface area contributed by atoms with Crippen molar-refractivity contribution < 1.29 is 19.0 Å². The number of hydrogen-bond acceptors (Lipinski definition) is 4. The first-order chi connectivity index (χ1) is 11.4. The molecule has 0 atom stereocenters. The first-order valence-corrected chi connectivity index (χ1v) is 8.07. The quantitative estimate of drug-likeness (QED) is 0.702. The minimum absolute atomic E-state index is 0.0605. The van der Waals surface area contributed by atoms with Crippen LogP contribution in [0.2, 0.25) is 0 Å². The summed E-state index contributed by atoms with van der Waals surface area (Å²) in [4.78, 5) is 12.9. The van der Waals surface area contributed by atoms with Crippen LogP contribution in [-0.2, 0) is 0 Å². The SMILES string of the molecule is COc1cccc(C(=O)c2ccc(OC(C)C)cc2)c1OC(C)C. The van der Waals surface area contributed by atoms with Crippen LogP contribution < -0.4 is 14.2 Å². The van der Waals surface area contributed by atoms with Crippen LogP contribution in [0.3, 0.4) is 0 Å². The topological polar surface area (TPSA) is 44.8 Å². The molecule has 0 aliphatic heterocycles. The van der Waals surface area contributed by atoms with Crippen molar-refractivity contribution in [3.05, 3.63) is 53.6 Å². The molecule has 0 radical (unpaired) electrons. The van der Waals surface area contributed by atoms with Crippen molar-refractivity contribution in [2.75, 3.05) is 7.11 Å². The van der Waals surface area contributed by atoms with E-state index in [9.17, 15) is 4.79 Å². The fourth-order valence-corrected chi connectivity index (χ4v) is 2.33. The summed E-state index contributed by atoms with van der Waals surface area (Å²) < 4.78 is 16.8. The average molecular weight is 328 g/mol. The Hall–Kier alpha value is -2.49.